The zero-order chi connectivity index (χ0) is 20.5. The van der Waals surface area contributed by atoms with E-state index in [-0.39, 0.29) is 40.2 Å². The largest absolute Gasteiger partial charge is 0.451 e. The van der Waals surface area contributed by atoms with Crippen molar-refractivity contribution in [3.05, 3.63) is 22.8 Å². The van der Waals surface area contributed by atoms with Crippen LogP contribution in [0.4, 0.5) is 0 Å². The van der Waals surface area contributed by atoms with Crippen molar-refractivity contribution < 1.29 is 19.1 Å². The molecule has 0 spiro atoms. The van der Waals surface area contributed by atoms with Crippen LogP contribution in [0.1, 0.15) is 66.2 Å². The van der Waals surface area contributed by atoms with Gasteiger partial charge in [0, 0.05) is 23.8 Å². The summed E-state index contributed by atoms with van der Waals surface area (Å²) in [5, 5.41) is 0.689. The van der Waals surface area contributed by atoms with Gasteiger partial charge in [-0.15, -0.1) is 0 Å². The average molecular weight is 405 g/mol. The van der Waals surface area contributed by atoms with Gasteiger partial charge in [0.15, 0.2) is 17.2 Å². The van der Waals surface area contributed by atoms with E-state index in [4.69, 9.17) is 16.3 Å². The highest BCUT2D eigenvalue weighted by Crippen LogP contribution is 2.68. The van der Waals surface area contributed by atoms with Gasteiger partial charge in [-0.25, -0.2) is 0 Å². The van der Waals surface area contributed by atoms with E-state index in [1.807, 2.05) is 0 Å². The predicted molar refractivity (Wildman–Crippen MR) is 107 cm³/mol. The number of halogens is 1. The van der Waals surface area contributed by atoms with E-state index >= 15 is 0 Å². The lowest BCUT2D eigenvalue weighted by Gasteiger charge is -2.57. The van der Waals surface area contributed by atoms with E-state index in [2.05, 4.69) is 19.9 Å². The maximum absolute atomic E-state index is 12.7. The van der Waals surface area contributed by atoms with Crippen molar-refractivity contribution in [1.29, 1.82) is 0 Å². The molecule has 6 atom stereocenters. The molecule has 4 rings (SSSR count). The third kappa shape index (κ3) is 2.46. The highest BCUT2D eigenvalue weighted by molar-refractivity contribution is 6.32. The van der Waals surface area contributed by atoms with E-state index in [1.165, 1.54) is 6.92 Å². The Morgan fingerprint density at radius 1 is 1.11 bits per heavy atom. The van der Waals surface area contributed by atoms with Crippen LogP contribution in [0.15, 0.2) is 22.8 Å². The quantitative estimate of drug-likeness (QED) is 0.623. The maximum atomic E-state index is 12.7. The Balaban J connectivity index is 1.79. The molecular formula is C23H29ClO4. The lowest BCUT2D eigenvalue weighted by atomic mass is 9.48. The highest BCUT2D eigenvalue weighted by atomic mass is 35.5. The van der Waals surface area contributed by atoms with Gasteiger partial charge in [-0.2, -0.15) is 0 Å². The molecule has 0 amide bonds. The minimum absolute atomic E-state index is 0.0490. The molecule has 0 aromatic rings. The van der Waals surface area contributed by atoms with E-state index in [1.54, 1.807) is 13.0 Å². The Morgan fingerprint density at radius 2 is 1.79 bits per heavy atom. The molecule has 5 heteroatoms. The fourth-order valence-corrected chi connectivity index (χ4v) is 7.55. The summed E-state index contributed by atoms with van der Waals surface area (Å²) in [5.74, 6) is 0.584. The van der Waals surface area contributed by atoms with Crippen LogP contribution in [-0.4, -0.2) is 23.1 Å². The Hall–Kier alpha value is -1.42. The number of esters is 1. The van der Waals surface area contributed by atoms with Crippen LogP contribution >= 0.6 is 11.6 Å². The molecule has 0 aliphatic heterocycles. The molecule has 28 heavy (non-hydrogen) atoms. The second-order valence-electron chi connectivity index (χ2n) is 9.72. The molecule has 0 bridgehead atoms. The van der Waals surface area contributed by atoms with Gasteiger partial charge in [0.25, 0.3) is 0 Å². The second kappa shape index (κ2) is 6.29. The van der Waals surface area contributed by atoms with E-state index < -0.39 is 5.60 Å². The third-order valence-electron chi connectivity index (χ3n) is 8.56. The number of carbonyl (C=O) groups excluding carboxylic acids is 3. The molecular weight excluding hydrogens is 376 g/mol. The number of fused-ring (bicyclic) bond motifs is 5. The third-order valence-corrected chi connectivity index (χ3v) is 8.89. The van der Waals surface area contributed by atoms with Crippen molar-refractivity contribution >= 4 is 29.1 Å². The lowest BCUT2D eigenvalue weighted by molar-refractivity contribution is -0.185. The van der Waals surface area contributed by atoms with Gasteiger partial charge in [-0.05, 0) is 73.8 Å². The molecule has 0 N–H and O–H groups in total. The first kappa shape index (κ1) is 19.9. The van der Waals surface area contributed by atoms with Crippen molar-refractivity contribution in [1.82, 2.24) is 0 Å². The Bertz CT molecular complexity index is 826. The monoisotopic (exact) mass is 404 g/mol. The van der Waals surface area contributed by atoms with Crippen LogP contribution in [-0.2, 0) is 19.1 Å². The Labute approximate surface area is 171 Å². The SMILES string of the molecule is CC(=O)O[C@@]1(C(C)=O)CC[C@@H]2[C@@H]3C=C(Cl)C4=CC(=O)CC[C@]4(C)[C@@H]3CC[C@@]21C. The number of hydrogen-bond donors (Lipinski definition) is 0. The molecule has 0 saturated heterocycles. The van der Waals surface area contributed by atoms with E-state index in [9.17, 15) is 14.4 Å². The normalized spacial score (nSPS) is 44.6. The first-order valence-electron chi connectivity index (χ1n) is 10.4. The van der Waals surface area contributed by atoms with E-state index in [0.29, 0.717) is 23.8 Å². The summed E-state index contributed by atoms with van der Waals surface area (Å²) in [6.07, 6.45) is 8.48. The molecule has 4 aliphatic carbocycles. The van der Waals surface area contributed by atoms with E-state index in [0.717, 1.165) is 31.3 Å². The second-order valence-corrected chi connectivity index (χ2v) is 10.1. The molecule has 0 unspecified atom stereocenters. The number of ether oxygens (including phenoxy) is 1. The molecule has 2 saturated carbocycles. The summed E-state index contributed by atoms with van der Waals surface area (Å²) < 4.78 is 5.79. The predicted octanol–water partition coefficient (Wildman–Crippen LogP) is 4.75. The van der Waals surface area contributed by atoms with Crippen LogP contribution in [0, 0.1) is 28.6 Å². The summed E-state index contributed by atoms with van der Waals surface area (Å²) in [6, 6.07) is 0. The van der Waals surface area contributed by atoms with Crippen LogP contribution < -0.4 is 0 Å². The van der Waals surface area contributed by atoms with Crippen molar-refractivity contribution in [2.45, 2.75) is 71.8 Å². The highest BCUT2D eigenvalue weighted by Gasteiger charge is 2.67. The molecule has 4 nitrogen and oxygen atoms in total. The Morgan fingerprint density at radius 3 is 2.43 bits per heavy atom. The number of carbonyl (C=O) groups is 3. The summed E-state index contributed by atoms with van der Waals surface area (Å²) in [4.78, 5) is 36.6. The lowest BCUT2D eigenvalue weighted by Crippen LogP contribution is -2.58. The van der Waals surface area contributed by atoms with Gasteiger partial charge in [0.2, 0.25) is 0 Å². The van der Waals surface area contributed by atoms with Crippen LogP contribution in [0.2, 0.25) is 0 Å². The minimum Gasteiger partial charge on any atom is -0.451 e. The smallest absolute Gasteiger partial charge is 0.303 e. The molecule has 4 aliphatic rings. The number of Topliss-reactive ketones (excluding diaryl/α,β-unsaturated/α-hetero) is 1. The van der Waals surface area contributed by atoms with Crippen LogP contribution in [0.25, 0.3) is 0 Å². The van der Waals surface area contributed by atoms with Gasteiger partial charge in [0.05, 0.1) is 0 Å². The fourth-order valence-electron chi connectivity index (χ4n) is 7.13. The summed E-state index contributed by atoms with van der Waals surface area (Å²) in [7, 11) is 0. The number of allylic oxidation sites excluding steroid dienone is 4. The van der Waals surface area contributed by atoms with Gasteiger partial charge in [-0.3, -0.25) is 14.4 Å². The van der Waals surface area contributed by atoms with Crippen molar-refractivity contribution in [2.75, 3.05) is 0 Å². The molecule has 0 heterocycles. The first-order chi connectivity index (χ1) is 13.0. The fraction of sp³-hybridized carbons (Fsp3) is 0.696. The number of ketones is 2. The van der Waals surface area contributed by atoms with Crippen molar-refractivity contribution in [3.63, 3.8) is 0 Å². The summed E-state index contributed by atoms with van der Waals surface area (Å²) >= 11 is 6.71. The van der Waals surface area contributed by atoms with Crippen LogP contribution in [0.5, 0.6) is 0 Å². The molecule has 152 valence electrons. The minimum atomic E-state index is -1.03. The van der Waals surface area contributed by atoms with Gasteiger partial charge in [0.1, 0.15) is 0 Å². The maximum Gasteiger partial charge on any atom is 0.303 e. The van der Waals surface area contributed by atoms with Gasteiger partial charge in [-0.1, -0.05) is 31.5 Å². The molecule has 2 fully saturated rings. The van der Waals surface area contributed by atoms with Gasteiger partial charge >= 0.3 is 5.97 Å². The number of rotatable bonds is 2. The summed E-state index contributed by atoms with van der Waals surface area (Å²) in [5.41, 5.74) is -0.532. The number of hydrogen-bond acceptors (Lipinski definition) is 4. The van der Waals surface area contributed by atoms with Gasteiger partial charge < -0.3 is 4.74 Å². The van der Waals surface area contributed by atoms with Crippen molar-refractivity contribution in [2.24, 2.45) is 28.6 Å². The zero-order valence-corrected chi connectivity index (χ0v) is 17.9. The standard InChI is InChI=1S/C23H29ClO4/c1-13(25)23(28-14(2)26)10-7-18-16-12-20(24)19-11-15(27)5-8-21(19,3)17(16)6-9-22(18,23)4/h11-12,16-18H,5-10H2,1-4H3/t16-,17-,18-,21-,22+,23-/m1/s1. The first-order valence-corrected chi connectivity index (χ1v) is 10.8. The summed E-state index contributed by atoms with van der Waals surface area (Å²) in [6.45, 7) is 7.33. The average Bonchev–Trinajstić information content (AvgIpc) is 2.90. The van der Waals surface area contributed by atoms with Crippen LogP contribution in [0.3, 0.4) is 0 Å². The molecule has 0 aromatic heterocycles. The topological polar surface area (TPSA) is 60.4 Å². The zero-order valence-electron chi connectivity index (χ0n) is 17.1. The van der Waals surface area contributed by atoms with Crippen molar-refractivity contribution in [3.8, 4) is 0 Å². The Kier molecular flexibility index (Phi) is 4.46. The molecule has 0 aromatic carbocycles. The molecule has 0 radical (unpaired) electrons.